The Morgan fingerprint density at radius 2 is 1.09 bits per heavy atom. The minimum atomic E-state index is -0.301. The van der Waals surface area contributed by atoms with Crippen LogP contribution in [0.1, 0.15) is 45.2 Å². The quantitative estimate of drug-likeness (QED) is 0.258. The molecule has 0 aliphatic heterocycles. The van der Waals surface area contributed by atoms with E-state index in [1.54, 1.807) is 5.56 Å². The molecule has 0 saturated heterocycles. The van der Waals surface area contributed by atoms with Crippen LogP contribution < -0.4 is 0 Å². The van der Waals surface area contributed by atoms with Crippen LogP contribution in [-0.2, 0) is 5.41 Å². The first kappa shape index (κ1) is 17.9. The average Bonchev–Trinajstić information content (AvgIpc) is 3.60. The molecular formula is C33H24. The van der Waals surface area contributed by atoms with E-state index in [0.29, 0.717) is 23.7 Å². The van der Waals surface area contributed by atoms with Crippen molar-refractivity contribution in [1.29, 1.82) is 0 Å². The lowest BCUT2D eigenvalue weighted by Crippen LogP contribution is -2.28. The van der Waals surface area contributed by atoms with Crippen LogP contribution in [0.2, 0.25) is 0 Å². The summed E-state index contributed by atoms with van der Waals surface area (Å²) in [6.07, 6.45) is 9.88. The van der Waals surface area contributed by atoms with E-state index in [9.17, 15) is 0 Å². The highest BCUT2D eigenvalue weighted by Gasteiger charge is 2.53. The lowest BCUT2D eigenvalue weighted by molar-refractivity contribution is 0.765. The van der Waals surface area contributed by atoms with Gasteiger partial charge >= 0.3 is 0 Å². The lowest BCUT2D eigenvalue weighted by atomic mass is 9.67. The highest BCUT2D eigenvalue weighted by Crippen LogP contribution is 2.64. The van der Waals surface area contributed by atoms with E-state index >= 15 is 0 Å². The van der Waals surface area contributed by atoms with Crippen molar-refractivity contribution in [3.63, 3.8) is 0 Å². The van der Waals surface area contributed by atoms with Gasteiger partial charge in [-0.05, 0) is 62.3 Å². The second kappa shape index (κ2) is 6.23. The molecule has 4 aromatic carbocycles. The van der Waals surface area contributed by atoms with Crippen LogP contribution in [-0.4, -0.2) is 0 Å². The fourth-order valence-corrected chi connectivity index (χ4v) is 7.14. The number of rotatable bonds is 2. The highest BCUT2D eigenvalue weighted by molar-refractivity contribution is 5.87. The monoisotopic (exact) mass is 420 g/mol. The van der Waals surface area contributed by atoms with Crippen LogP contribution in [0, 0.1) is 11.8 Å². The van der Waals surface area contributed by atoms with Crippen molar-refractivity contribution in [3.05, 3.63) is 155 Å². The summed E-state index contributed by atoms with van der Waals surface area (Å²) in [7, 11) is 0. The summed E-state index contributed by atoms with van der Waals surface area (Å²) in [5, 5.41) is 0. The van der Waals surface area contributed by atoms with Gasteiger partial charge in [0.15, 0.2) is 0 Å². The van der Waals surface area contributed by atoms with Gasteiger partial charge in [0.1, 0.15) is 0 Å². The van der Waals surface area contributed by atoms with Crippen LogP contribution >= 0.6 is 0 Å². The number of hydrogen-bond acceptors (Lipinski definition) is 0. The predicted molar refractivity (Wildman–Crippen MR) is 134 cm³/mol. The van der Waals surface area contributed by atoms with E-state index in [1.165, 1.54) is 38.9 Å². The van der Waals surface area contributed by atoms with Gasteiger partial charge in [0.05, 0.1) is 5.41 Å². The van der Waals surface area contributed by atoms with Gasteiger partial charge in [-0.25, -0.2) is 0 Å². The van der Waals surface area contributed by atoms with Crippen molar-refractivity contribution < 1.29 is 0 Å². The molecule has 0 heterocycles. The first-order valence-corrected chi connectivity index (χ1v) is 12.1. The maximum absolute atomic E-state index is 2.58. The Labute approximate surface area is 194 Å². The van der Waals surface area contributed by atoms with E-state index in [0.717, 1.165) is 0 Å². The van der Waals surface area contributed by atoms with Crippen molar-refractivity contribution in [1.82, 2.24) is 0 Å². The molecule has 0 spiro atoms. The molecule has 1 fully saturated rings. The first-order chi connectivity index (χ1) is 16.4. The molecule has 0 radical (unpaired) electrons. The van der Waals surface area contributed by atoms with Crippen LogP contribution in [0.25, 0.3) is 11.1 Å². The van der Waals surface area contributed by atoms with Gasteiger partial charge in [0.2, 0.25) is 0 Å². The SMILES string of the molecule is C1=CC2C3C=CC1c1cc4c(cc1C23)-c1ccccc1C4(c1ccccc1)c1ccccc1. The van der Waals surface area contributed by atoms with E-state index in [4.69, 9.17) is 0 Å². The van der Waals surface area contributed by atoms with Crippen molar-refractivity contribution in [2.75, 3.05) is 0 Å². The molecule has 156 valence electrons. The fourth-order valence-electron chi connectivity index (χ4n) is 7.14. The Balaban J connectivity index is 1.52. The first-order valence-electron chi connectivity index (χ1n) is 12.1. The van der Waals surface area contributed by atoms with Crippen LogP contribution in [0.15, 0.2) is 121 Å². The van der Waals surface area contributed by atoms with E-state index < -0.39 is 0 Å². The molecule has 2 atom stereocenters. The average molecular weight is 421 g/mol. The van der Waals surface area contributed by atoms with Crippen molar-refractivity contribution >= 4 is 0 Å². The zero-order valence-corrected chi connectivity index (χ0v) is 18.4. The number of fused-ring (bicyclic) bond motifs is 3. The molecular weight excluding hydrogens is 396 g/mol. The Hall–Kier alpha value is -3.64. The second-order valence-corrected chi connectivity index (χ2v) is 10.0. The molecule has 0 N–H and O–H groups in total. The van der Waals surface area contributed by atoms with Crippen molar-refractivity contribution in [2.24, 2.45) is 11.8 Å². The molecule has 0 heteroatoms. The van der Waals surface area contributed by atoms with Gasteiger partial charge in [0, 0.05) is 5.92 Å². The molecule has 0 amide bonds. The summed E-state index contributed by atoms with van der Waals surface area (Å²) in [5.41, 5.74) is 11.1. The van der Waals surface area contributed by atoms with E-state index in [-0.39, 0.29) is 5.41 Å². The minimum Gasteiger partial charge on any atom is -0.0833 e. The van der Waals surface area contributed by atoms with Crippen LogP contribution in [0.3, 0.4) is 0 Å². The third-order valence-electron chi connectivity index (χ3n) is 8.59. The Kier molecular flexibility index (Phi) is 3.37. The smallest absolute Gasteiger partial charge is 0.0713 e. The van der Waals surface area contributed by atoms with Gasteiger partial charge in [-0.2, -0.15) is 0 Å². The normalized spacial score (nSPS) is 26.2. The Bertz CT molecular complexity index is 1410. The summed E-state index contributed by atoms with van der Waals surface area (Å²) in [6.45, 7) is 0. The summed E-state index contributed by atoms with van der Waals surface area (Å²) in [5.74, 6) is 2.42. The highest BCUT2D eigenvalue weighted by atomic mass is 14.6. The van der Waals surface area contributed by atoms with E-state index in [1.807, 2.05) is 0 Å². The third-order valence-corrected chi connectivity index (χ3v) is 8.59. The summed E-state index contributed by atoms with van der Waals surface area (Å²) in [6, 6.07) is 36.5. The molecule has 2 unspecified atom stereocenters. The van der Waals surface area contributed by atoms with Gasteiger partial charge in [0.25, 0.3) is 0 Å². The Morgan fingerprint density at radius 3 is 1.76 bits per heavy atom. The zero-order chi connectivity index (χ0) is 21.6. The number of allylic oxidation sites excluding steroid dienone is 4. The lowest BCUT2D eigenvalue weighted by Gasteiger charge is -2.34. The molecule has 9 rings (SSSR count). The zero-order valence-electron chi connectivity index (χ0n) is 18.4. The molecule has 5 aliphatic carbocycles. The largest absolute Gasteiger partial charge is 0.0833 e. The van der Waals surface area contributed by atoms with Gasteiger partial charge in [-0.1, -0.05) is 121 Å². The molecule has 0 nitrogen and oxygen atoms in total. The summed E-state index contributed by atoms with van der Waals surface area (Å²) in [4.78, 5) is 0. The molecule has 0 aromatic heterocycles. The summed E-state index contributed by atoms with van der Waals surface area (Å²) >= 11 is 0. The van der Waals surface area contributed by atoms with Gasteiger partial charge in [-0.15, -0.1) is 0 Å². The maximum Gasteiger partial charge on any atom is 0.0713 e. The summed E-state index contributed by atoms with van der Waals surface area (Å²) < 4.78 is 0. The topological polar surface area (TPSA) is 0 Å². The number of benzene rings is 4. The second-order valence-electron chi connectivity index (χ2n) is 10.0. The fraction of sp³-hybridized carbons (Fsp3) is 0.152. The molecule has 5 aliphatic rings. The van der Waals surface area contributed by atoms with Crippen LogP contribution in [0.4, 0.5) is 0 Å². The van der Waals surface area contributed by atoms with Crippen molar-refractivity contribution in [2.45, 2.75) is 17.3 Å². The minimum absolute atomic E-state index is 0.301. The molecule has 4 bridgehead atoms. The van der Waals surface area contributed by atoms with Crippen molar-refractivity contribution in [3.8, 4) is 11.1 Å². The Morgan fingerprint density at radius 1 is 0.485 bits per heavy atom. The maximum atomic E-state index is 2.58. The van der Waals surface area contributed by atoms with E-state index in [2.05, 4.69) is 121 Å². The molecule has 1 saturated carbocycles. The van der Waals surface area contributed by atoms with Gasteiger partial charge < -0.3 is 0 Å². The predicted octanol–water partition coefficient (Wildman–Crippen LogP) is 7.60. The standard InChI is InChI=1S/C33H24/c1-3-9-22(10-4-1)33(23-11-5-2-6-12-23)30-14-8-7-13-24(30)28-19-29-27(20-31(28)33)21-15-17-25-26(18-16-21)32(25)29/h1-21,25-26,32H. The number of hydrogen-bond donors (Lipinski definition) is 0. The molecule has 33 heavy (non-hydrogen) atoms. The third kappa shape index (κ3) is 2.17. The van der Waals surface area contributed by atoms with Gasteiger partial charge in [-0.3, -0.25) is 0 Å². The van der Waals surface area contributed by atoms with Crippen LogP contribution in [0.5, 0.6) is 0 Å². The molecule has 4 aromatic rings.